The number of benzene rings is 1. The monoisotopic (exact) mass is 374 g/mol. The first kappa shape index (κ1) is 18.9. The highest BCUT2D eigenvalue weighted by Gasteiger charge is 2.11. The van der Waals surface area contributed by atoms with Crippen molar-refractivity contribution in [2.45, 2.75) is 18.5 Å². The summed E-state index contributed by atoms with van der Waals surface area (Å²) in [5, 5.41) is 3.84. The standard InChI is InChI=1S/C19H26N4O2S/c1-16-5-2-3-6-17(16)23-10-8-21-19(23)26-15-18(24)20-7-4-9-22-11-13-25-14-12-22/h2-3,5-6,8,10H,4,7,9,11-15H2,1H3,(H,20,24). The van der Waals surface area contributed by atoms with Crippen LogP contribution in [0.3, 0.4) is 0 Å². The molecule has 1 fully saturated rings. The summed E-state index contributed by atoms with van der Waals surface area (Å²) in [5.74, 6) is 0.428. The normalized spacial score (nSPS) is 15.1. The Morgan fingerprint density at radius 2 is 2.12 bits per heavy atom. The van der Waals surface area contributed by atoms with Gasteiger partial charge in [-0.3, -0.25) is 14.3 Å². The first-order valence-electron chi connectivity index (χ1n) is 9.03. The van der Waals surface area contributed by atoms with Crippen LogP contribution >= 0.6 is 11.8 Å². The lowest BCUT2D eigenvalue weighted by atomic mass is 10.2. The maximum absolute atomic E-state index is 12.1. The summed E-state index contributed by atoms with van der Waals surface area (Å²) in [6.07, 6.45) is 4.67. The minimum Gasteiger partial charge on any atom is -0.379 e. The summed E-state index contributed by atoms with van der Waals surface area (Å²) in [6.45, 7) is 7.41. The molecule has 1 N–H and O–H groups in total. The lowest BCUT2D eigenvalue weighted by Gasteiger charge is -2.26. The maximum Gasteiger partial charge on any atom is 0.230 e. The Labute approximate surface area is 158 Å². The maximum atomic E-state index is 12.1. The molecule has 0 radical (unpaired) electrons. The van der Waals surface area contributed by atoms with Gasteiger partial charge < -0.3 is 10.1 Å². The molecule has 0 saturated carbocycles. The van der Waals surface area contributed by atoms with E-state index in [0.717, 1.165) is 50.1 Å². The first-order valence-corrected chi connectivity index (χ1v) is 10.0. The molecule has 0 unspecified atom stereocenters. The predicted octanol–water partition coefficient (Wildman–Crippen LogP) is 2.11. The number of rotatable bonds is 8. The van der Waals surface area contributed by atoms with Crippen molar-refractivity contribution in [2.75, 3.05) is 45.1 Å². The third kappa shape index (κ3) is 5.33. The number of nitrogens with one attached hydrogen (secondary N) is 1. The molecule has 140 valence electrons. The lowest BCUT2D eigenvalue weighted by Crippen LogP contribution is -2.38. The van der Waals surface area contributed by atoms with Crippen molar-refractivity contribution in [3.63, 3.8) is 0 Å². The van der Waals surface area contributed by atoms with E-state index < -0.39 is 0 Å². The number of thioether (sulfide) groups is 1. The first-order chi connectivity index (χ1) is 12.7. The number of imidazole rings is 1. The molecule has 1 aliphatic heterocycles. The van der Waals surface area contributed by atoms with Gasteiger partial charge in [0.05, 0.1) is 24.7 Å². The van der Waals surface area contributed by atoms with Gasteiger partial charge in [-0.05, 0) is 31.5 Å². The zero-order valence-corrected chi connectivity index (χ0v) is 16.0. The van der Waals surface area contributed by atoms with E-state index >= 15 is 0 Å². The minimum atomic E-state index is 0.0521. The summed E-state index contributed by atoms with van der Waals surface area (Å²) in [7, 11) is 0. The van der Waals surface area contributed by atoms with Gasteiger partial charge in [0.15, 0.2) is 5.16 Å². The molecule has 6 nitrogen and oxygen atoms in total. The van der Waals surface area contributed by atoms with Crippen molar-refractivity contribution in [3.8, 4) is 5.69 Å². The largest absolute Gasteiger partial charge is 0.379 e. The van der Waals surface area contributed by atoms with Gasteiger partial charge in [0.1, 0.15) is 0 Å². The number of nitrogens with zero attached hydrogens (tertiary/aromatic N) is 3. The summed E-state index contributed by atoms with van der Waals surface area (Å²) in [4.78, 5) is 18.9. The van der Waals surface area contributed by atoms with E-state index in [1.54, 1.807) is 6.20 Å². The van der Waals surface area contributed by atoms with Gasteiger partial charge in [-0.2, -0.15) is 0 Å². The number of ether oxygens (including phenoxy) is 1. The highest BCUT2D eigenvalue weighted by atomic mass is 32.2. The van der Waals surface area contributed by atoms with Crippen molar-refractivity contribution >= 4 is 17.7 Å². The van der Waals surface area contributed by atoms with Gasteiger partial charge in [0, 0.05) is 32.0 Å². The van der Waals surface area contributed by atoms with Crippen LogP contribution in [-0.4, -0.2) is 65.5 Å². The molecule has 0 spiro atoms. The number of hydrogen-bond acceptors (Lipinski definition) is 5. The molecular weight excluding hydrogens is 348 g/mol. The number of hydrogen-bond donors (Lipinski definition) is 1. The number of aryl methyl sites for hydroxylation is 1. The second-order valence-electron chi connectivity index (χ2n) is 6.31. The lowest BCUT2D eigenvalue weighted by molar-refractivity contribution is -0.118. The molecular formula is C19H26N4O2S. The highest BCUT2D eigenvalue weighted by Crippen LogP contribution is 2.22. The topological polar surface area (TPSA) is 59.4 Å². The van der Waals surface area contributed by atoms with Crippen LogP contribution in [0.2, 0.25) is 0 Å². The molecule has 2 aromatic rings. The molecule has 0 aliphatic carbocycles. The fourth-order valence-corrected chi connectivity index (χ4v) is 3.75. The van der Waals surface area contributed by atoms with Crippen LogP contribution in [0, 0.1) is 6.92 Å². The Morgan fingerprint density at radius 3 is 2.92 bits per heavy atom. The van der Waals surface area contributed by atoms with Crippen LogP contribution < -0.4 is 5.32 Å². The summed E-state index contributed by atoms with van der Waals surface area (Å²) >= 11 is 1.46. The molecule has 1 amide bonds. The second-order valence-corrected chi connectivity index (χ2v) is 7.25. The van der Waals surface area contributed by atoms with E-state index in [0.29, 0.717) is 12.3 Å². The molecule has 1 saturated heterocycles. The van der Waals surface area contributed by atoms with E-state index in [-0.39, 0.29) is 5.91 Å². The van der Waals surface area contributed by atoms with Crippen molar-refractivity contribution < 1.29 is 9.53 Å². The average Bonchev–Trinajstić information content (AvgIpc) is 3.13. The Hall–Kier alpha value is -1.83. The number of morpholine rings is 1. The van der Waals surface area contributed by atoms with Crippen molar-refractivity contribution in [1.82, 2.24) is 19.8 Å². The zero-order chi connectivity index (χ0) is 18.2. The number of aromatic nitrogens is 2. The summed E-state index contributed by atoms with van der Waals surface area (Å²) in [6, 6.07) is 8.17. The fraction of sp³-hybridized carbons (Fsp3) is 0.474. The van der Waals surface area contributed by atoms with Gasteiger partial charge in [0.25, 0.3) is 0 Å². The Morgan fingerprint density at radius 1 is 1.31 bits per heavy atom. The quantitative estimate of drug-likeness (QED) is 0.566. The minimum absolute atomic E-state index is 0.0521. The molecule has 7 heteroatoms. The smallest absolute Gasteiger partial charge is 0.230 e. The molecule has 3 rings (SSSR count). The number of para-hydroxylation sites is 1. The third-order valence-electron chi connectivity index (χ3n) is 4.39. The second kappa shape index (κ2) is 9.75. The van der Waals surface area contributed by atoms with Crippen LogP contribution in [0.1, 0.15) is 12.0 Å². The number of carbonyl (C=O) groups is 1. The van der Waals surface area contributed by atoms with E-state index in [9.17, 15) is 4.79 Å². The molecule has 1 aliphatic rings. The van der Waals surface area contributed by atoms with Gasteiger partial charge in [-0.1, -0.05) is 30.0 Å². The third-order valence-corrected chi connectivity index (χ3v) is 5.36. The van der Waals surface area contributed by atoms with Crippen LogP contribution in [-0.2, 0) is 9.53 Å². The van der Waals surface area contributed by atoms with E-state index in [1.807, 2.05) is 22.9 Å². The molecule has 2 heterocycles. The molecule has 1 aromatic heterocycles. The number of carbonyl (C=O) groups excluding carboxylic acids is 1. The van der Waals surface area contributed by atoms with Gasteiger partial charge in [-0.15, -0.1) is 0 Å². The van der Waals surface area contributed by atoms with Gasteiger partial charge in [-0.25, -0.2) is 4.98 Å². The molecule has 26 heavy (non-hydrogen) atoms. The SMILES string of the molecule is Cc1ccccc1-n1ccnc1SCC(=O)NCCCN1CCOCC1. The van der Waals surface area contributed by atoms with E-state index in [2.05, 4.69) is 34.3 Å². The molecule has 0 atom stereocenters. The molecule has 0 bridgehead atoms. The van der Waals surface area contributed by atoms with Crippen molar-refractivity contribution in [3.05, 3.63) is 42.2 Å². The van der Waals surface area contributed by atoms with Crippen LogP contribution in [0.4, 0.5) is 0 Å². The van der Waals surface area contributed by atoms with E-state index in [4.69, 9.17) is 4.74 Å². The van der Waals surface area contributed by atoms with Crippen LogP contribution in [0.25, 0.3) is 5.69 Å². The van der Waals surface area contributed by atoms with E-state index in [1.165, 1.54) is 17.3 Å². The Kier molecular flexibility index (Phi) is 7.11. The average molecular weight is 375 g/mol. The summed E-state index contributed by atoms with van der Waals surface area (Å²) in [5.41, 5.74) is 2.28. The zero-order valence-electron chi connectivity index (χ0n) is 15.2. The number of amides is 1. The van der Waals surface area contributed by atoms with Crippen molar-refractivity contribution in [2.24, 2.45) is 0 Å². The molecule has 1 aromatic carbocycles. The van der Waals surface area contributed by atoms with Gasteiger partial charge >= 0.3 is 0 Å². The van der Waals surface area contributed by atoms with Crippen LogP contribution in [0.15, 0.2) is 41.8 Å². The predicted molar refractivity (Wildman–Crippen MR) is 104 cm³/mol. The highest BCUT2D eigenvalue weighted by molar-refractivity contribution is 7.99. The Bertz CT molecular complexity index is 713. The van der Waals surface area contributed by atoms with Crippen LogP contribution in [0.5, 0.6) is 0 Å². The fourth-order valence-electron chi connectivity index (χ4n) is 2.95. The summed E-state index contributed by atoms with van der Waals surface area (Å²) < 4.78 is 7.37. The van der Waals surface area contributed by atoms with Crippen molar-refractivity contribution in [1.29, 1.82) is 0 Å². The Balaban J connectivity index is 1.41. The van der Waals surface area contributed by atoms with Gasteiger partial charge in [0.2, 0.25) is 5.91 Å².